The molecule has 1 aliphatic heterocycles. The van der Waals surface area contributed by atoms with Crippen LogP contribution in [0.2, 0.25) is 0 Å². The Morgan fingerprint density at radius 2 is 1.24 bits per heavy atom. The van der Waals surface area contributed by atoms with Crippen LogP contribution in [0.15, 0.2) is 150 Å². The van der Waals surface area contributed by atoms with Crippen LogP contribution in [0.1, 0.15) is 56.3 Å². The Labute approximate surface area is 382 Å². The van der Waals surface area contributed by atoms with Crippen molar-refractivity contribution in [2.24, 2.45) is 5.92 Å². The molecule has 1 fully saturated rings. The molecule has 5 aromatic carbocycles. The highest BCUT2D eigenvalue weighted by atomic mass is 32.1. The number of fused-ring (bicyclic) bond motifs is 2. The van der Waals surface area contributed by atoms with Gasteiger partial charge in [-0.2, -0.15) is 0 Å². The topological polar surface area (TPSA) is 98.2 Å². The molecule has 0 spiro atoms. The maximum atomic E-state index is 9.36. The van der Waals surface area contributed by atoms with Crippen LogP contribution < -0.4 is 4.90 Å². The van der Waals surface area contributed by atoms with Crippen molar-refractivity contribution in [1.82, 2.24) is 19.9 Å². The van der Waals surface area contributed by atoms with Crippen molar-refractivity contribution in [2.45, 2.75) is 48.0 Å². The van der Waals surface area contributed by atoms with E-state index in [0.717, 1.165) is 74.3 Å². The lowest BCUT2D eigenvalue weighted by Gasteiger charge is -2.30. The van der Waals surface area contributed by atoms with Gasteiger partial charge < -0.3 is 20.1 Å². The van der Waals surface area contributed by atoms with Gasteiger partial charge in [0.25, 0.3) is 0 Å². The van der Waals surface area contributed by atoms with Gasteiger partial charge in [0.05, 0.1) is 17.1 Å². The smallest absolute Gasteiger partial charge is 0.185 e. The van der Waals surface area contributed by atoms with Gasteiger partial charge in [-0.3, -0.25) is 0 Å². The molecule has 0 amide bonds. The number of aromatic hydroxyl groups is 2. The summed E-state index contributed by atoms with van der Waals surface area (Å²) in [7, 11) is 0. The van der Waals surface area contributed by atoms with Crippen molar-refractivity contribution in [3.05, 3.63) is 171 Å². The Hall–Kier alpha value is -6.33. The fourth-order valence-electron chi connectivity index (χ4n) is 7.69. The largest absolute Gasteiger partial charge is 0.508 e. The van der Waals surface area contributed by atoms with E-state index in [2.05, 4.69) is 113 Å². The number of rotatable bonds is 6. The molecule has 1 aliphatic carbocycles. The van der Waals surface area contributed by atoms with E-state index in [1.54, 1.807) is 58.3 Å². The van der Waals surface area contributed by atoms with E-state index in [4.69, 9.17) is 15.0 Å². The zero-order chi connectivity index (χ0) is 41.7. The number of H-pyrrole nitrogens is 1. The van der Waals surface area contributed by atoms with E-state index >= 15 is 0 Å². The van der Waals surface area contributed by atoms with Gasteiger partial charge in [0.2, 0.25) is 0 Å². The third-order valence-corrected chi connectivity index (χ3v) is 13.7. The van der Waals surface area contributed by atoms with Gasteiger partial charge >= 0.3 is 0 Å². The Morgan fingerprint density at radius 1 is 0.635 bits per heavy atom. The second-order valence-electron chi connectivity index (χ2n) is 15.5. The van der Waals surface area contributed by atoms with Crippen LogP contribution in [0.5, 0.6) is 11.5 Å². The lowest BCUT2D eigenvalue weighted by molar-refractivity contribution is 0.446. The summed E-state index contributed by atoms with van der Waals surface area (Å²) in [6.07, 6.45) is 7.87. The number of benzene rings is 5. The first-order chi connectivity index (χ1) is 29.8. The van der Waals surface area contributed by atoms with E-state index in [1.807, 2.05) is 36.5 Å². The highest BCUT2D eigenvalue weighted by Crippen LogP contribution is 2.37. The molecule has 0 radical (unpaired) electrons. The summed E-state index contributed by atoms with van der Waals surface area (Å²) in [4.78, 5) is 20.0. The van der Waals surface area contributed by atoms with Gasteiger partial charge in [-0.25, -0.2) is 15.0 Å². The van der Waals surface area contributed by atoms with Gasteiger partial charge in [0.1, 0.15) is 21.5 Å². The number of aromatic amines is 1. The molecule has 5 heterocycles. The van der Waals surface area contributed by atoms with Crippen molar-refractivity contribution in [1.29, 1.82) is 0 Å². The molecule has 0 bridgehead atoms. The number of aromatic nitrogens is 4. The van der Waals surface area contributed by atoms with E-state index in [9.17, 15) is 10.2 Å². The lowest BCUT2D eigenvalue weighted by Crippen LogP contribution is -2.34. The minimum absolute atomic E-state index is 0. The second-order valence-corrected chi connectivity index (χ2v) is 18.0. The number of nitrogens with one attached hydrogen (secondary N) is 1. The molecule has 3 N–H and O–H groups in total. The zero-order valence-electron chi connectivity index (χ0n) is 34.0. The molecule has 0 saturated carbocycles. The molecule has 11 rings (SSSR count). The monoisotopic (exact) mass is 887 g/mol. The van der Waals surface area contributed by atoms with Crippen LogP contribution in [-0.2, 0) is 6.42 Å². The van der Waals surface area contributed by atoms with Gasteiger partial charge in [0.15, 0.2) is 5.13 Å². The first-order valence-electron chi connectivity index (χ1n) is 20.5. The van der Waals surface area contributed by atoms with Crippen LogP contribution in [-0.4, -0.2) is 43.2 Å². The number of aryl methyl sites for hydroxylation is 1. The first kappa shape index (κ1) is 44.7. The van der Waals surface area contributed by atoms with Crippen molar-refractivity contribution in [3.63, 3.8) is 0 Å². The number of thiazole rings is 3. The van der Waals surface area contributed by atoms with E-state index in [-0.39, 0.29) is 20.6 Å². The Kier molecular flexibility index (Phi) is 14.4. The fraction of sp³-hybridized carbons (Fsp3) is 0.189. The number of nitrogens with zero attached hydrogens (tertiary/aromatic N) is 4. The maximum Gasteiger partial charge on any atom is 0.185 e. The third kappa shape index (κ3) is 10.3. The Morgan fingerprint density at radius 3 is 1.97 bits per heavy atom. The average Bonchev–Trinajstić information content (AvgIpc) is 4.15. The highest BCUT2D eigenvalue weighted by Gasteiger charge is 2.20. The fourth-order valence-corrected chi connectivity index (χ4v) is 10.3. The quantitative estimate of drug-likeness (QED) is 0.154. The number of para-hydroxylation sites is 1. The highest BCUT2D eigenvalue weighted by molar-refractivity contribution is 7.14. The standard InChI is InChI=1S/C18H14N2S.C18H13NOS.C15H18N2OS.2CH4/c1-12-6-8-13(9-7-12)18-20-17(11-21-18)15-10-19-16-5-3-2-4-14(15)16;20-14-8-5-13(6-9-14)17-11-21-18(19-17)16-10-7-12-3-1-2-4-15(12)16;1-11-3-2-8-17(9-11)15-16-14(10-19-15)12-4-6-13(18)7-5-12;;/h2-11,19H,1H3;1-6,8-11,20H,7H2;4-7,10-11,18H,2-3,8-9H2,1H3;2*1H4/t;;11-;;/m..0../s1. The summed E-state index contributed by atoms with van der Waals surface area (Å²) in [5.74, 6) is 1.33. The number of piperidine rings is 1. The van der Waals surface area contributed by atoms with Gasteiger partial charge in [-0.05, 0) is 97.8 Å². The Balaban J connectivity index is 0.000000140. The van der Waals surface area contributed by atoms with Crippen LogP contribution in [0.25, 0.3) is 60.8 Å². The average molecular weight is 888 g/mol. The molecule has 7 nitrogen and oxygen atoms in total. The summed E-state index contributed by atoms with van der Waals surface area (Å²) < 4.78 is 0. The SMILES string of the molecule is C.C.C[C@H]1CCCN(c2nc(-c3ccc(O)cc3)cs2)C1.Cc1ccc(-c2nc(-c3c[nH]c4ccccc34)cs2)cc1.Oc1ccc(-c2csc(C3=CCc4ccccc43)n2)cc1. The number of anilines is 1. The number of phenols is 2. The summed E-state index contributed by atoms with van der Waals surface area (Å²) in [6.45, 7) is 6.64. The summed E-state index contributed by atoms with van der Waals surface area (Å²) in [5, 5.41) is 29.4. The minimum Gasteiger partial charge on any atom is -0.508 e. The number of hydrogen-bond donors (Lipinski definition) is 3. The molecule has 2 aliphatic rings. The molecule has 320 valence electrons. The third-order valence-electron chi connectivity index (χ3n) is 11.0. The van der Waals surface area contributed by atoms with Crippen molar-refractivity contribution < 1.29 is 10.2 Å². The van der Waals surface area contributed by atoms with Crippen LogP contribution in [0, 0.1) is 12.8 Å². The number of phenolic OH excluding ortho intramolecular Hbond substituents is 2. The normalized spacial score (nSPS) is 14.0. The van der Waals surface area contributed by atoms with E-state index in [1.165, 1.54) is 51.6 Å². The van der Waals surface area contributed by atoms with Crippen LogP contribution >= 0.6 is 34.0 Å². The molecule has 4 aromatic heterocycles. The van der Waals surface area contributed by atoms with Crippen molar-refractivity contribution in [3.8, 4) is 55.8 Å². The predicted molar refractivity (Wildman–Crippen MR) is 269 cm³/mol. The molecular formula is C53H53N5O2S3. The molecule has 1 atom stereocenters. The summed E-state index contributed by atoms with van der Waals surface area (Å²) in [6, 6.07) is 39.7. The molecule has 10 heteroatoms. The lowest BCUT2D eigenvalue weighted by atomic mass is 10.0. The van der Waals surface area contributed by atoms with E-state index in [0.29, 0.717) is 5.75 Å². The number of hydrogen-bond acceptors (Lipinski definition) is 9. The molecule has 0 unspecified atom stereocenters. The number of allylic oxidation sites excluding steroid dienone is 1. The second kappa shape index (κ2) is 20.2. The van der Waals surface area contributed by atoms with Crippen LogP contribution in [0.3, 0.4) is 0 Å². The molecule has 1 saturated heterocycles. The minimum atomic E-state index is 0. The van der Waals surface area contributed by atoms with Gasteiger partial charge in [-0.15, -0.1) is 34.0 Å². The Bertz CT molecular complexity index is 2910. The van der Waals surface area contributed by atoms with Crippen LogP contribution in [0.4, 0.5) is 5.13 Å². The van der Waals surface area contributed by atoms with Crippen molar-refractivity contribution in [2.75, 3.05) is 18.0 Å². The van der Waals surface area contributed by atoms with Gasteiger partial charge in [0, 0.05) is 74.2 Å². The molecular weight excluding hydrogens is 835 g/mol. The molecule has 9 aromatic rings. The zero-order valence-corrected chi connectivity index (χ0v) is 36.4. The first-order valence-corrected chi connectivity index (χ1v) is 23.1. The summed E-state index contributed by atoms with van der Waals surface area (Å²) >= 11 is 5.07. The van der Waals surface area contributed by atoms with Crippen molar-refractivity contribution >= 4 is 55.6 Å². The van der Waals surface area contributed by atoms with E-state index < -0.39 is 0 Å². The maximum absolute atomic E-state index is 9.36. The summed E-state index contributed by atoms with van der Waals surface area (Å²) in [5.41, 5.74) is 13.7. The van der Waals surface area contributed by atoms with Gasteiger partial charge in [-0.1, -0.05) is 100 Å². The predicted octanol–water partition coefficient (Wildman–Crippen LogP) is 14.8. The molecule has 63 heavy (non-hydrogen) atoms.